The highest BCUT2D eigenvalue weighted by Crippen LogP contribution is 2.52. The van der Waals surface area contributed by atoms with Gasteiger partial charge in [0.05, 0.1) is 0 Å². The van der Waals surface area contributed by atoms with Gasteiger partial charge in [-0.05, 0) is 56.7 Å². The van der Waals surface area contributed by atoms with Crippen LogP contribution >= 0.6 is 7.92 Å². The van der Waals surface area contributed by atoms with Crippen LogP contribution in [0, 0.1) is 38.3 Å². The Morgan fingerprint density at radius 2 is 1.37 bits per heavy atom. The van der Waals surface area contributed by atoms with Crippen LogP contribution in [0.4, 0.5) is 0 Å². The molecule has 0 unspecified atom stereocenters. The highest BCUT2D eigenvalue weighted by atomic mass is 31.1. The molecule has 1 atom stereocenters. The fraction of sp³-hybridized carbons (Fsp3) is 0.0556. The lowest BCUT2D eigenvalue weighted by molar-refractivity contribution is 1.49. The molecule has 1 fully saturated rings. The van der Waals surface area contributed by atoms with Crippen LogP contribution in [0.1, 0.15) is 5.56 Å². The fourth-order valence-electron chi connectivity index (χ4n) is 2.33. The average molecular weight is 263 g/mol. The Hall–Kier alpha value is -1.13. The number of rotatable bonds is 3. The third-order valence-corrected chi connectivity index (χ3v) is 5.89. The summed E-state index contributed by atoms with van der Waals surface area (Å²) >= 11 is 0. The molecule has 1 aliphatic rings. The molecule has 2 aromatic rings. The smallest absolute Gasteiger partial charge is 0.0161 e. The van der Waals surface area contributed by atoms with E-state index in [2.05, 4.69) is 87.2 Å². The predicted octanol–water partition coefficient (Wildman–Crippen LogP) is 3.79. The van der Waals surface area contributed by atoms with Gasteiger partial charge in [0.25, 0.3) is 0 Å². The van der Waals surface area contributed by atoms with E-state index in [1.165, 1.54) is 21.8 Å². The standard InChI is InChI=1S/C18H16P/c1-15-9-5-8-14-18(15)19(17-12-6-7-13-17)16-10-3-2-4-11-16/h2-14H,1H3/t19-/m1/s1. The third-order valence-electron chi connectivity index (χ3n) is 3.27. The zero-order valence-corrected chi connectivity index (χ0v) is 11.8. The lowest BCUT2D eigenvalue weighted by atomic mass is 10.2. The van der Waals surface area contributed by atoms with Gasteiger partial charge in [0, 0.05) is 5.66 Å². The van der Waals surface area contributed by atoms with Crippen molar-refractivity contribution in [2.45, 2.75) is 6.92 Å². The van der Waals surface area contributed by atoms with Crippen LogP contribution in [0.3, 0.4) is 0 Å². The van der Waals surface area contributed by atoms with Gasteiger partial charge in [-0.25, -0.2) is 0 Å². The van der Waals surface area contributed by atoms with Crippen molar-refractivity contribution in [3.05, 3.63) is 91.5 Å². The molecule has 19 heavy (non-hydrogen) atoms. The molecule has 0 spiro atoms. The Balaban J connectivity index is 2.04. The molecule has 5 radical (unpaired) electrons. The fourth-order valence-corrected chi connectivity index (χ4v) is 4.79. The molecule has 0 nitrogen and oxygen atoms in total. The third kappa shape index (κ3) is 2.74. The van der Waals surface area contributed by atoms with Gasteiger partial charge in [-0.3, -0.25) is 0 Å². The molecule has 0 aliphatic heterocycles. The van der Waals surface area contributed by atoms with E-state index in [-0.39, 0.29) is 0 Å². The Kier molecular flexibility index (Phi) is 3.99. The molecular weight excluding hydrogens is 247 g/mol. The number of hydrogen-bond donors (Lipinski definition) is 0. The van der Waals surface area contributed by atoms with Gasteiger partial charge in [-0.15, -0.1) is 0 Å². The number of hydrogen-bond acceptors (Lipinski definition) is 0. The Morgan fingerprint density at radius 3 is 2.05 bits per heavy atom. The summed E-state index contributed by atoms with van der Waals surface area (Å²) < 4.78 is 0. The van der Waals surface area contributed by atoms with E-state index in [1.807, 2.05) is 0 Å². The first kappa shape index (κ1) is 12.9. The minimum Gasteiger partial charge on any atom is -0.0622 e. The summed E-state index contributed by atoms with van der Waals surface area (Å²) in [4.78, 5) is 0. The van der Waals surface area contributed by atoms with E-state index in [9.17, 15) is 0 Å². The van der Waals surface area contributed by atoms with Crippen molar-refractivity contribution >= 4 is 18.5 Å². The summed E-state index contributed by atoms with van der Waals surface area (Å²) in [5.41, 5.74) is 2.80. The molecule has 0 amide bonds. The van der Waals surface area contributed by atoms with Crippen LogP contribution < -0.4 is 10.6 Å². The van der Waals surface area contributed by atoms with Gasteiger partial charge in [-0.1, -0.05) is 54.6 Å². The molecule has 0 heterocycles. The summed E-state index contributed by atoms with van der Waals surface area (Å²) in [7, 11) is -0.430. The molecule has 2 aromatic carbocycles. The summed E-state index contributed by atoms with van der Waals surface area (Å²) in [5.74, 6) is 0. The first-order valence-corrected chi connectivity index (χ1v) is 7.83. The SMILES string of the molecule is Cc1ccccc1[P@@]([C]1[CH][CH][CH][CH]1)c1ccccc1. The quantitative estimate of drug-likeness (QED) is 0.739. The highest BCUT2D eigenvalue weighted by Gasteiger charge is 2.29. The zero-order valence-electron chi connectivity index (χ0n) is 11.0. The van der Waals surface area contributed by atoms with Crippen LogP contribution in [-0.4, -0.2) is 0 Å². The maximum atomic E-state index is 2.26. The second-order valence-corrected chi connectivity index (χ2v) is 6.79. The Morgan fingerprint density at radius 1 is 0.737 bits per heavy atom. The van der Waals surface area contributed by atoms with Gasteiger partial charge < -0.3 is 0 Å². The topological polar surface area (TPSA) is 0 Å². The summed E-state index contributed by atoms with van der Waals surface area (Å²) in [6.45, 7) is 2.20. The predicted molar refractivity (Wildman–Crippen MR) is 84.3 cm³/mol. The van der Waals surface area contributed by atoms with Gasteiger partial charge in [0.2, 0.25) is 0 Å². The summed E-state index contributed by atoms with van der Waals surface area (Å²) in [6.07, 6.45) is 8.74. The molecule has 1 aliphatic carbocycles. The van der Waals surface area contributed by atoms with E-state index in [1.54, 1.807) is 0 Å². The molecule has 1 heteroatoms. The number of aryl methyl sites for hydroxylation is 1. The maximum absolute atomic E-state index is 2.26. The molecule has 0 aromatic heterocycles. The van der Waals surface area contributed by atoms with Crippen molar-refractivity contribution in [1.82, 2.24) is 0 Å². The van der Waals surface area contributed by atoms with Crippen molar-refractivity contribution in [2.75, 3.05) is 0 Å². The van der Waals surface area contributed by atoms with Crippen molar-refractivity contribution in [1.29, 1.82) is 0 Å². The van der Waals surface area contributed by atoms with Crippen molar-refractivity contribution in [3.63, 3.8) is 0 Å². The molecule has 0 saturated heterocycles. The van der Waals surface area contributed by atoms with Gasteiger partial charge in [0.15, 0.2) is 0 Å². The molecule has 0 bridgehead atoms. The van der Waals surface area contributed by atoms with Crippen LogP contribution in [0.2, 0.25) is 0 Å². The zero-order chi connectivity index (χ0) is 13.1. The van der Waals surface area contributed by atoms with Gasteiger partial charge in [0.1, 0.15) is 0 Å². The summed E-state index contributed by atoms with van der Waals surface area (Å²) in [6, 6.07) is 19.6. The van der Waals surface area contributed by atoms with E-state index in [4.69, 9.17) is 0 Å². The minimum absolute atomic E-state index is 0.430. The largest absolute Gasteiger partial charge is 0.0622 e. The average Bonchev–Trinajstić information content (AvgIpc) is 2.96. The van der Waals surface area contributed by atoms with E-state index >= 15 is 0 Å². The van der Waals surface area contributed by atoms with E-state index in [0.717, 1.165) is 0 Å². The number of benzene rings is 2. The normalized spacial score (nSPS) is 17.5. The highest BCUT2D eigenvalue weighted by molar-refractivity contribution is 7.76. The second kappa shape index (κ2) is 5.88. The molecule has 93 valence electrons. The monoisotopic (exact) mass is 263 g/mol. The molecule has 0 N–H and O–H groups in total. The Bertz CT molecular complexity index is 526. The van der Waals surface area contributed by atoms with Crippen LogP contribution in [0.5, 0.6) is 0 Å². The van der Waals surface area contributed by atoms with Crippen molar-refractivity contribution in [3.8, 4) is 0 Å². The van der Waals surface area contributed by atoms with Gasteiger partial charge >= 0.3 is 0 Å². The van der Waals surface area contributed by atoms with Crippen LogP contribution in [0.15, 0.2) is 54.6 Å². The van der Waals surface area contributed by atoms with E-state index in [0.29, 0.717) is 0 Å². The van der Waals surface area contributed by atoms with Crippen molar-refractivity contribution in [2.24, 2.45) is 0 Å². The Labute approximate surface area is 117 Å². The lowest BCUT2D eigenvalue weighted by Gasteiger charge is -2.25. The molecule has 1 saturated carbocycles. The second-order valence-electron chi connectivity index (χ2n) is 4.60. The van der Waals surface area contributed by atoms with Crippen LogP contribution in [-0.2, 0) is 0 Å². The molecular formula is C18H16P. The van der Waals surface area contributed by atoms with E-state index < -0.39 is 7.92 Å². The maximum Gasteiger partial charge on any atom is 0.0161 e. The summed E-state index contributed by atoms with van der Waals surface area (Å²) in [5, 5.41) is 2.87. The van der Waals surface area contributed by atoms with Gasteiger partial charge in [-0.2, -0.15) is 0 Å². The molecule has 3 rings (SSSR count). The minimum atomic E-state index is -0.430. The first-order valence-electron chi connectivity index (χ1n) is 6.49. The first-order chi connectivity index (χ1) is 9.36. The van der Waals surface area contributed by atoms with Crippen LogP contribution in [0.25, 0.3) is 0 Å². The lowest BCUT2D eigenvalue weighted by Crippen LogP contribution is -2.18. The van der Waals surface area contributed by atoms with Crippen molar-refractivity contribution < 1.29 is 0 Å².